The zero-order valence-corrected chi connectivity index (χ0v) is 12.8. The summed E-state index contributed by atoms with van der Waals surface area (Å²) in [5.41, 5.74) is 0.522. The number of carboxylic acids is 1. The highest BCUT2D eigenvalue weighted by Gasteiger charge is 2.27. The molecule has 8 nitrogen and oxygen atoms in total. The molecular formula is C12H19N3O5S. The lowest BCUT2D eigenvalue weighted by atomic mass is 10.3. The van der Waals surface area contributed by atoms with Crippen LogP contribution in [0.5, 0.6) is 0 Å². The number of aromatic nitrogens is 2. The summed E-state index contributed by atoms with van der Waals surface area (Å²) in [7, 11) is -3.87. The highest BCUT2D eigenvalue weighted by atomic mass is 32.2. The van der Waals surface area contributed by atoms with Crippen molar-refractivity contribution >= 4 is 16.0 Å². The monoisotopic (exact) mass is 317 g/mol. The van der Waals surface area contributed by atoms with Crippen molar-refractivity contribution in [2.24, 2.45) is 0 Å². The fourth-order valence-corrected chi connectivity index (χ4v) is 3.80. The number of aryl methyl sites for hydroxylation is 1. The smallest absolute Gasteiger partial charge is 0.325 e. The van der Waals surface area contributed by atoms with Crippen LogP contribution in [0.2, 0.25) is 0 Å². The van der Waals surface area contributed by atoms with Crippen LogP contribution in [0.4, 0.5) is 0 Å². The van der Waals surface area contributed by atoms with Crippen LogP contribution in [0.1, 0.15) is 37.1 Å². The zero-order valence-electron chi connectivity index (χ0n) is 12.0. The third-order valence-electron chi connectivity index (χ3n) is 3.50. The van der Waals surface area contributed by atoms with Gasteiger partial charge in [0.2, 0.25) is 0 Å². The molecule has 1 aromatic rings. The third kappa shape index (κ3) is 3.60. The molecule has 1 heterocycles. The standard InChI is InChI=1S/C12H19N3O5S/c1-8-12(9(2)15(13-8)7-11(16)17)21(18,19)14-20-10-5-3-4-6-10/h10,14H,3-7H2,1-2H3,(H,16,17). The summed E-state index contributed by atoms with van der Waals surface area (Å²) in [6.07, 6.45) is 3.62. The summed E-state index contributed by atoms with van der Waals surface area (Å²) in [5, 5.41) is 12.7. The molecule has 0 aromatic carbocycles. The van der Waals surface area contributed by atoms with Crippen molar-refractivity contribution in [1.29, 1.82) is 0 Å². The van der Waals surface area contributed by atoms with Crippen molar-refractivity contribution in [2.75, 3.05) is 0 Å². The maximum atomic E-state index is 12.3. The molecule has 21 heavy (non-hydrogen) atoms. The normalized spacial score (nSPS) is 16.5. The van der Waals surface area contributed by atoms with Gasteiger partial charge in [0.15, 0.2) is 0 Å². The van der Waals surface area contributed by atoms with Gasteiger partial charge in [0.25, 0.3) is 10.0 Å². The summed E-state index contributed by atoms with van der Waals surface area (Å²) < 4.78 is 25.7. The quantitative estimate of drug-likeness (QED) is 0.749. The SMILES string of the molecule is Cc1nn(CC(=O)O)c(C)c1S(=O)(=O)NOC1CCCC1. The van der Waals surface area contributed by atoms with Gasteiger partial charge < -0.3 is 5.11 Å². The molecule has 2 rings (SSSR count). The summed E-state index contributed by atoms with van der Waals surface area (Å²) in [6, 6.07) is 0. The summed E-state index contributed by atoms with van der Waals surface area (Å²) in [5.74, 6) is -1.08. The van der Waals surface area contributed by atoms with Gasteiger partial charge in [0.1, 0.15) is 11.4 Å². The minimum absolute atomic E-state index is 0.0262. The van der Waals surface area contributed by atoms with Gasteiger partial charge in [0.05, 0.1) is 17.5 Å². The maximum absolute atomic E-state index is 12.3. The van der Waals surface area contributed by atoms with Crippen molar-refractivity contribution in [3.8, 4) is 0 Å². The molecule has 0 saturated heterocycles. The second kappa shape index (κ2) is 6.12. The van der Waals surface area contributed by atoms with E-state index in [-0.39, 0.29) is 28.9 Å². The van der Waals surface area contributed by atoms with Gasteiger partial charge in [-0.05, 0) is 26.7 Å². The van der Waals surface area contributed by atoms with Gasteiger partial charge in [-0.2, -0.15) is 5.10 Å². The molecule has 0 spiro atoms. The second-order valence-corrected chi connectivity index (χ2v) is 6.74. The predicted octanol–water partition coefficient (Wildman–Crippen LogP) is 0.737. The molecule has 0 unspecified atom stereocenters. The van der Waals surface area contributed by atoms with Crippen molar-refractivity contribution in [2.45, 2.75) is 57.1 Å². The Morgan fingerprint density at radius 1 is 1.43 bits per heavy atom. The first-order chi connectivity index (χ1) is 9.81. The number of sulfonamides is 1. The molecule has 2 N–H and O–H groups in total. The van der Waals surface area contributed by atoms with Crippen LogP contribution in [-0.2, 0) is 26.2 Å². The van der Waals surface area contributed by atoms with Gasteiger partial charge in [-0.1, -0.05) is 17.7 Å². The molecule has 0 radical (unpaired) electrons. The average molecular weight is 317 g/mol. The number of hydrogen-bond acceptors (Lipinski definition) is 5. The number of carbonyl (C=O) groups is 1. The first-order valence-corrected chi connectivity index (χ1v) is 8.23. The Balaban J connectivity index is 2.18. The molecule has 0 aliphatic heterocycles. The van der Waals surface area contributed by atoms with Crippen LogP contribution < -0.4 is 4.89 Å². The molecule has 0 amide bonds. The molecule has 1 aliphatic carbocycles. The fourth-order valence-electron chi connectivity index (χ4n) is 2.53. The number of nitrogens with one attached hydrogen (secondary N) is 1. The molecule has 9 heteroatoms. The van der Waals surface area contributed by atoms with Crippen molar-refractivity contribution in [3.63, 3.8) is 0 Å². The van der Waals surface area contributed by atoms with E-state index in [1.165, 1.54) is 13.8 Å². The lowest BCUT2D eigenvalue weighted by molar-refractivity contribution is -0.137. The zero-order chi connectivity index (χ0) is 15.6. The van der Waals surface area contributed by atoms with Gasteiger partial charge in [0, 0.05) is 0 Å². The van der Waals surface area contributed by atoms with Crippen LogP contribution >= 0.6 is 0 Å². The number of nitrogens with zero attached hydrogens (tertiary/aromatic N) is 2. The first-order valence-electron chi connectivity index (χ1n) is 6.74. The Bertz CT molecular complexity index is 632. The van der Waals surface area contributed by atoms with Crippen LogP contribution in [0, 0.1) is 13.8 Å². The lowest BCUT2D eigenvalue weighted by Gasteiger charge is -2.12. The fraction of sp³-hybridized carbons (Fsp3) is 0.667. The van der Waals surface area contributed by atoms with Gasteiger partial charge in [-0.15, -0.1) is 0 Å². The highest BCUT2D eigenvalue weighted by Crippen LogP contribution is 2.22. The molecule has 1 aliphatic rings. The number of rotatable bonds is 6. The Labute approximate surface area is 123 Å². The van der Waals surface area contributed by atoms with Gasteiger partial charge >= 0.3 is 5.97 Å². The Morgan fingerprint density at radius 2 is 2.05 bits per heavy atom. The number of hydrogen-bond donors (Lipinski definition) is 2. The topological polar surface area (TPSA) is 111 Å². The maximum Gasteiger partial charge on any atom is 0.325 e. The highest BCUT2D eigenvalue weighted by molar-refractivity contribution is 7.89. The second-order valence-electron chi connectivity index (χ2n) is 5.16. The molecule has 0 atom stereocenters. The summed E-state index contributed by atoms with van der Waals surface area (Å²) in [4.78, 5) is 18.1. The van der Waals surface area contributed by atoms with E-state index in [1.54, 1.807) is 0 Å². The van der Waals surface area contributed by atoms with E-state index in [0.717, 1.165) is 30.4 Å². The van der Waals surface area contributed by atoms with Crippen LogP contribution in [-0.4, -0.2) is 35.4 Å². The minimum atomic E-state index is -3.87. The van der Waals surface area contributed by atoms with Crippen molar-refractivity contribution < 1.29 is 23.2 Å². The Morgan fingerprint density at radius 3 is 2.62 bits per heavy atom. The van der Waals surface area contributed by atoms with E-state index in [9.17, 15) is 13.2 Å². The summed E-state index contributed by atoms with van der Waals surface area (Å²) in [6.45, 7) is 2.66. The molecule has 1 aromatic heterocycles. The molecular weight excluding hydrogens is 298 g/mol. The van der Waals surface area contributed by atoms with Crippen molar-refractivity contribution in [3.05, 3.63) is 11.4 Å². The molecule has 118 valence electrons. The molecule has 0 bridgehead atoms. The van der Waals surface area contributed by atoms with E-state index >= 15 is 0 Å². The van der Waals surface area contributed by atoms with E-state index < -0.39 is 16.0 Å². The number of carboxylic acid groups (broad SMARTS) is 1. The van der Waals surface area contributed by atoms with E-state index in [4.69, 9.17) is 9.94 Å². The van der Waals surface area contributed by atoms with Crippen LogP contribution in [0.3, 0.4) is 0 Å². The first kappa shape index (κ1) is 15.9. The average Bonchev–Trinajstić information content (AvgIpc) is 2.96. The van der Waals surface area contributed by atoms with Crippen LogP contribution in [0.25, 0.3) is 0 Å². The minimum Gasteiger partial charge on any atom is -0.480 e. The van der Waals surface area contributed by atoms with Gasteiger partial charge in [-0.25, -0.2) is 8.42 Å². The van der Waals surface area contributed by atoms with Gasteiger partial charge in [-0.3, -0.25) is 14.3 Å². The molecule has 1 fully saturated rings. The van der Waals surface area contributed by atoms with E-state index in [2.05, 4.69) is 9.98 Å². The Kier molecular flexibility index (Phi) is 4.64. The van der Waals surface area contributed by atoms with E-state index in [0.29, 0.717) is 0 Å². The van der Waals surface area contributed by atoms with Crippen molar-refractivity contribution in [1.82, 2.24) is 14.7 Å². The van der Waals surface area contributed by atoms with Crippen LogP contribution in [0.15, 0.2) is 4.90 Å². The third-order valence-corrected chi connectivity index (χ3v) is 4.94. The predicted molar refractivity (Wildman–Crippen MR) is 73.0 cm³/mol. The largest absolute Gasteiger partial charge is 0.480 e. The summed E-state index contributed by atoms with van der Waals surface area (Å²) >= 11 is 0. The number of aliphatic carboxylic acids is 1. The lowest BCUT2D eigenvalue weighted by Crippen LogP contribution is -2.29. The van der Waals surface area contributed by atoms with E-state index in [1.807, 2.05) is 0 Å². The molecule has 1 saturated carbocycles. The Hall–Kier alpha value is -1.45.